The van der Waals surface area contributed by atoms with Crippen LogP contribution in [0.25, 0.3) is 0 Å². The van der Waals surface area contributed by atoms with Crippen LogP contribution in [0.5, 0.6) is 0 Å². The van der Waals surface area contributed by atoms with E-state index in [0.29, 0.717) is 17.9 Å². The number of benzene rings is 1. The monoisotopic (exact) mass is 323 g/mol. The highest BCUT2D eigenvalue weighted by Crippen LogP contribution is 2.44. The number of hydrogen-bond acceptors (Lipinski definition) is 1. The van der Waals surface area contributed by atoms with Crippen LogP contribution in [-0.2, 0) is 0 Å². The Balaban J connectivity index is 1.56. The second kappa shape index (κ2) is 6.74. The first-order valence-corrected chi connectivity index (χ1v) is 9.77. The molecule has 2 heteroatoms. The highest BCUT2D eigenvalue weighted by atomic mass is 16.2. The minimum absolute atomic E-state index is 0.270. The lowest BCUT2D eigenvalue weighted by Crippen LogP contribution is -2.45. The number of amides is 1. The lowest BCUT2D eigenvalue weighted by Gasteiger charge is -2.37. The van der Waals surface area contributed by atoms with Crippen molar-refractivity contribution in [2.24, 2.45) is 17.8 Å². The van der Waals surface area contributed by atoms with Crippen molar-refractivity contribution in [3.8, 4) is 0 Å². The van der Waals surface area contributed by atoms with Crippen LogP contribution in [0.1, 0.15) is 60.9 Å². The average molecular weight is 323 g/mol. The molecule has 0 heterocycles. The van der Waals surface area contributed by atoms with Gasteiger partial charge in [0.05, 0.1) is 0 Å². The zero-order chi connectivity index (χ0) is 16.5. The molecule has 1 aromatic rings. The molecule has 3 aliphatic rings. The first-order valence-electron chi connectivity index (χ1n) is 9.77. The summed E-state index contributed by atoms with van der Waals surface area (Å²) in [4.78, 5) is 15.6. The molecule has 2 fully saturated rings. The van der Waals surface area contributed by atoms with Crippen molar-refractivity contribution in [1.29, 1.82) is 0 Å². The van der Waals surface area contributed by atoms with E-state index in [0.717, 1.165) is 23.6 Å². The highest BCUT2D eigenvalue weighted by molar-refractivity contribution is 5.95. The van der Waals surface area contributed by atoms with Crippen molar-refractivity contribution >= 4 is 5.91 Å². The fourth-order valence-corrected chi connectivity index (χ4v) is 5.12. The molecule has 0 spiro atoms. The zero-order valence-electron chi connectivity index (χ0n) is 14.8. The van der Waals surface area contributed by atoms with Crippen LogP contribution in [0.3, 0.4) is 0 Å². The topological polar surface area (TPSA) is 20.3 Å². The zero-order valence-corrected chi connectivity index (χ0v) is 14.8. The molecule has 0 aromatic heterocycles. The number of allylic oxidation sites excluding steroid dienone is 2. The number of fused-ring (bicyclic) bond motifs is 2. The van der Waals surface area contributed by atoms with Crippen LogP contribution in [0.4, 0.5) is 0 Å². The first kappa shape index (κ1) is 15.9. The van der Waals surface area contributed by atoms with Crippen molar-refractivity contribution in [3.63, 3.8) is 0 Å². The van der Waals surface area contributed by atoms with Gasteiger partial charge in [0.1, 0.15) is 0 Å². The predicted molar refractivity (Wildman–Crippen MR) is 97.9 cm³/mol. The van der Waals surface area contributed by atoms with Crippen molar-refractivity contribution in [2.75, 3.05) is 6.54 Å². The molecule has 2 bridgehead atoms. The van der Waals surface area contributed by atoms with E-state index >= 15 is 0 Å². The van der Waals surface area contributed by atoms with Gasteiger partial charge in [0.25, 0.3) is 5.91 Å². The van der Waals surface area contributed by atoms with Gasteiger partial charge in [-0.1, -0.05) is 49.6 Å². The van der Waals surface area contributed by atoms with E-state index in [2.05, 4.69) is 30.0 Å². The summed E-state index contributed by atoms with van der Waals surface area (Å²) in [5, 5.41) is 0. The second-order valence-electron chi connectivity index (χ2n) is 8.10. The number of hydrogen-bond donors (Lipinski definition) is 0. The molecule has 3 unspecified atom stereocenters. The molecule has 0 saturated heterocycles. The van der Waals surface area contributed by atoms with Gasteiger partial charge in [-0.2, -0.15) is 0 Å². The summed E-state index contributed by atoms with van der Waals surface area (Å²) < 4.78 is 0. The first-order chi connectivity index (χ1) is 11.7. The molecule has 4 rings (SSSR count). The Hall–Kier alpha value is -1.57. The van der Waals surface area contributed by atoms with E-state index in [-0.39, 0.29) is 5.91 Å². The number of aryl methyl sites for hydroxylation is 1. The Bertz CT molecular complexity index is 629. The molecule has 3 aliphatic carbocycles. The maximum atomic E-state index is 13.4. The van der Waals surface area contributed by atoms with Gasteiger partial charge in [0, 0.05) is 18.2 Å². The van der Waals surface area contributed by atoms with Crippen LogP contribution >= 0.6 is 0 Å². The van der Waals surface area contributed by atoms with Crippen molar-refractivity contribution in [2.45, 2.75) is 57.9 Å². The van der Waals surface area contributed by atoms with E-state index < -0.39 is 0 Å². The smallest absolute Gasteiger partial charge is 0.254 e. The van der Waals surface area contributed by atoms with Gasteiger partial charge in [0.15, 0.2) is 0 Å². The van der Waals surface area contributed by atoms with E-state index in [1.807, 2.05) is 18.2 Å². The van der Waals surface area contributed by atoms with Crippen LogP contribution in [0.15, 0.2) is 36.4 Å². The van der Waals surface area contributed by atoms with Gasteiger partial charge < -0.3 is 4.90 Å². The maximum absolute atomic E-state index is 13.4. The minimum atomic E-state index is 0.270. The van der Waals surface area contributed by atoms with Crippen LogP contribution in [0, 0.1) is 24.7 Å². The molecule has 1 amide bonds. The Morgan fingerprint density at radius 3 is 2.54 bits per heavy atom. The van der Waals surface area contributed by atoms with E-state index in [1.54, 1.807) is 0 Å². The molecule has 2 nitrogen and oxygen atoms in total. The van der Waals surface area contributed by atoms with Gasteiger partial charge in [-0.3, -0.25) is 4.79 Å². The summed E-state index contributed by atoms with van der Waals surface area (Å²) >= 11 is 0. The van der Waals surface area contributed by atoms with Gasteiger partial charge >= 0.3 is 0 Å². The van der Waals surface area contributed by atoms with Crippen molar-refractivity contribution in [1.82, 2.24) is 4.90 Å². The Morgan fingerprint density at radius 1 is 1.08 bits per heavy atom. The maximum Gasteiger partial charge on any atom is 0.254 e. The average Bonchev–Trinajstić information content (AvgIpc) is 3.23. The van der Waals surface area contributed by atoms with E-state index in [4.69, 9.17) is 0 Å². The molecule has 0 N–H and O–H groups in total. The summed E-state index contributed by atoms with van der Waals surface area (Å²) in [7, 11) is 0. The lowest BCUT2D eigenvalue weighted by atomic mass is 9.89. The molecule has 2 saturated carbocycles. The van der Waals surface area contributed by atoms with Gasteiger partial charge in [-0.05, 0) is 62.0 Å². The largest absolute Gasteiger partial charge is 0.335 e. The lowest BCUT2D eigenvalue weighted by molar-refractivity contribution is 0.0578. The molecular formula is C22H29NO. The highest BCUT2D eigenvalue weighted by Gasteiger charge is 2.38. The molecular weight excluding hydrogens is 294 g/mol. The van der Waals surface area contributed by atoms with Crippen LogP contribution < -0.4 is 0 Å². The van der Waals surface area contributed by atoms with Crippen molar-refractivity contribution < 1.29 is 4.79 Å². The summed E-state index contributed by atoms with van der Waals surface area (Å²) in [6, 6.07) is 8.55. The number of carbonyl (C=O) groups excluding carboxylic acids is 1. The van der Waals surface area contributed by atoms with Gasteiger partial charge in [0.2, 0.25) is 0 Å². The van der Waals surface area contributed by atoms with E-state index in [9.17, 15) is 4.79 Å². The fourth-order valence-electron chi connectivity index (χ4n) is 5.12. The third-order valence-electron chi connectivity index (χ3n) is 6.50. The number of carbonyl (C=O) groups is 1. The Morgan fingerprint density at radius 2 is 1.88 bits per heavy atom. The van der Waals surface area contributed by atoms with Crippen LogP contribution in [-0.4, -0.2) is 23.4 Å². The summed E-state index contributed by atoms with van der Waals surface area (Å²) in [5.74, 6) is 2.44. The molecule has 0 radical (unpaired) electrons. The quantitative estimate of drug-likeness (QED) is 0.715. The molecule has 3 atom stereocenters. The number of nitrogens with zero attached hydrogens (tertiary/aromatic N) is 1. The Kier molecular flexibility index (Phi) is 4.47. The normalized spacial score (nSPS) is 29.1. The van der Waals surface area contributed by atoms with Gasteiger partial charge in [-0.15, -0.1) is 0 Å². The van der Waals surface area contributed by atoms with Crippen LogP contribution in [0.2, 0.25) is 0 Å². The standard InChI is InChI=1S/C22H29NO/c1-16-7-5-6-10-21(16)22(24)23(20-8-3-2-4-9-20)15-19-14-17-11-12-18(19)13-17/h5-7,10-12,17-20H,2-4,8-9,13-15H2,1H3. The van der Waals surface area contributed by atoms with Gasteiger partial charge in [-0.25, -0.2) is 0 Å². The third-order valence-corrected chi connectivity index (χ3v) is 6.50. The minimum Gasteiger partial charge on any atom is -0.335 e. The molecule has 24 heavy (non-hydrogen) atoms. The SMILES string of the molecule is Cc1ccccc1C(=O)N(CC1CC2C=CC1C2)C1CCCCC1. The summed E-state index contributed by atoms with van der Waals surface area (Å²) in [6.07, 6.45) is 13.7. The predicted octanol–water partition coefficient (Wildman–Crippen LogP) is 4.98. The summed E-state index contributed by atoms with van der Waals surface area (Å²) in [5.41, 5.74) is 2.01. The summed E-state index contributed by atoms with van der Waals surface area (Å²) in [6.45, 7) is 3.02. The Labute approximate surface area is 145 Å². The van der Waals surface area contributed by atoms with E-state index in [1.165, 1.54) is 44.9 Å². The number of rotatable bonds is 4. The molecule has 128 valence electrons. The molecule has 1 aromatic carbocycles. The third kappa shape index (κ3) is 3.03. The second-order valence-corrected chi connectivity index (χ2v) is 8.10. The van der Waals surface area contributed by atoms with Crippen molar-refractivity contribution in [3.05, 3.63) is 47.5 Å². The fraction of sp³-hybridized carbons (Fsp3) is 0.591. The molecule has 0 aliphatic heterocycles.